The molecule has 2 fully saturated rings. The predicted octanol–water partition coefficient (Wildman–Crippen LogP) is 7.24. The van der Waals surface area contributed by atoms with Crippen LogP contribution in [0.1, 0.15) is 42.1 Å². The Bertz CT molecular complexity index is 1520. The van der Waals surface area contributed by atoms with Gasteiger partial charge in [0, 0.05) is 54.6 Å². The van der Waals surface area contributed by atoms with Gasteiger partial charge in [-0.25, -0.2) is 0 Å². The van der Waals surface area contributed by atoms with Crippen LogP contribution in [0.3, 0.4) is 0 Å². The summed E-state index contributed by atoms with van der Waals surface area (Å²) in [5, 5.41) is 2.46. The van der Waals surface area contributed by atoms with Crippen LogP contribution in [0.4, 0.5) is 11.4 Å². The first-order valence-corrected chi connectivity index (χ1v) is 14.5. The molecule has 0 aromatic heterocycles. The SMILES string of the molecule is COc1ccc(C2=CC(c3ccc(N4CCCCC4)cc3)Oc3cc(N4CCOCC4)c4ccccc4c32)cc1. The number of ether oxygens (including phenoxy) is 3. The maximum absolute atomic E-state index is 6.87. The lowest BCUT2D eigenvalue weighted by molar-refractivity contribution is 0.123. The summed E-state index contributed by atoms with van der Waals surface area (Å²) in [6.07, 6.45) is 6.00. The Morgan fingerprint density at radius 3 is 2.20 bits per heavy atom. The van der Waals surface area contributed by atoms with E-state index in [2.05, 4.69) is 82.6 Å². The molecule has 40 heavy (non-hydrogen) atoms. The van der Waals surface area contributed by atoms with Crippen LogP contribution in [-0.4, -0.2) is 46.5 Å². The highest BCUT2D eigenvalue weighted by molar-refractivity contribution is 6.06. The van der Waals surface area contributed by atoms with Crippen molar-refractivity contribution < 1.29 is 14.2 Å². The van der Waals surface area contributed by atoms with E-state index in [1.807, 2.05) is 12.1 Å². The summed E-state index contributed by atoms with van der Waals surface area (Å²) in [4.78, 5) is 4.94. The van der Waals surface area contributed by atoms with Gasteiger partial charge < -0.3 is 24.0 Å². The van der Waals surface area contributed by atoms with Gasteiger partial charge in [-0.15, -0.1) is 0 Å². The first-order valence-electron chi connectivity index (χ1n) is 14.5. The molecule has 4 aromatic carbocycles. The zero-order chi connectivity index (χ0) is 26.9. The van der Waals surface area contributed by atoms with Crippen LogP contribution in [0.15, 0.2) is 84.9 Å². The molecule has 3 heterocycles. The number of methoxy groups -OCH3 is 1. The molecule has 7 rings (SSSR count). The molecule has 1 atom stereocenters. The molecule has 0 N–H and O–H groups in total. The quantitative estimate of drug-likeness (QED) is 0.271. The third-order valence-electron chi connectivity index (χ3n) is 8.52. The number of nitrogens with zero attached hydrogens (tertiary/aromatic N) is 2. The Balaban J connectivity index is 1.34. The molecule has 0 bridgehead atoms. The fourth-order valence-electron chi connectivity index (χ4n) is 6.38. The van der Waals surface area contributed by atoms with Crippen molar-refractivity contribution in [2.45, 2.75) is 25.4 Å². The van der Waals surface area contributed by atoms with Crippen molar-refractivity contribution in [2.75, 3.05) is 56.3 Å². The summed E-state index contributed by atoms with van der Waals surface area (Å²) in [6, 6.07) is 28.4. The van der Waals surface area contributed by atoms with E-state index in [0.29, 0.717) is 0 Å². The summed E-state index contributed by atoms with van der Waals surface area (Å²) in [6.45, 7) is 5.54. The van der Waals surface area contributed by atoms with E-state index >= 15 is 0 Å². The van der Waals surface area contributed by atoms with E-state index in [-0.39, 0.29) is 6.10 Å². The second-order valence-corrected chi connectivity index (χ2v) is 10.9. The fourth-order valence-corrected chi connectivity index (χ4v) is 6.38. The molecular formula is C35H36N2O3. The smallest absolute Gasteiger partial charge is 0.143 e. The first kappa shape index (κ1) is 25.0. The summed E-state index contributed by atoms with van der Waals surface area (Å²) < 4.78 is 18.0. The largest absolute Gasteiger partial charge is 0.497 e. The molecule has 1 unspecified atom stereocenters. The predicted molar refractivity (Wildman–Crippen MR) is 163 cm³/mol. The molecule has 0 aliphatic carbocycles. The molecule has 204 valence electrons. The number of benzene rings is 4. The van der Waals surface area contributed by atoms with Crippen molar-refractivity contribution in [1.82, 2.24) is 0 Å². The van der Waals surface area contributed by atoms with E-state index in [0.717, 1.165) is 62.0 Å². The zero-order valence-electron chi connectivity index (χ0n) is 23.1. The summed E-state index contributed by atoms with van der Waals surface area (Å²) in [5.41, 5.74) is 7.19. The van der Waals surface area contributed by atoms with E-state index in [1.165, 1.54) is 52.5 Å². The number of anilines is 2. The average Bonchev–Trinajstić information content (AvgIpc) is 3.05. The Morgan fingerprint density at radius 1 is 0.750 bits per heavy atom. The molecule has 4 aromatic rings. The Hall–Kier alpha value is -3.96. The van der Waals surface area contributed by atoms with Crippen molar-refractivity contribution in [3.8, 4) is 11.5 Å². The van der Waals surface area contributed by atoms with Gasteiger partial charge in [-0.2, -0.15) is 0 Å². The third kappa shape index (κ3) is 4.69. The lowest BCUT2D eigenvalue weighted by atomic mass is 9.87. The number of piperidine rings is 1. The maximum Gasteiger partial charge on any atom is 0.143 e. The summed E-state index contributed by atoms with van der Waals surface area (Å²) in [7, 11) is 1.71. The molecule has 2 saturated heterocycles. The molecule has 5 heteroatoms. The van der Waals surface area contributed by atoms with E-state index < -0.39 is 0 Å². The van der Waals surface area contributed by atoms with E-state index in [1.54, 1.807) is 7.11 Å². The second-order valence-electron chi connectivity index (χ2n) is 10.9. The second kappa shape index (κ2) is 10.9. The van der Waals surface area contributed by atoms with Crippen LogP contribution in [0.5, 0.6) is 11.5 Å². The number of fused-ring (bicyclic) bond motifs is 3. The molecule has 3 aliphatic heterocycles. The minimum absolute atomic E-state index is 0.182. The van der Waals surface area contributed by atoms with Crippen molar-refractivity contribution in [2.24, 2.45) is 0 Å². The van der Waals surface area contributed by atoms with Crippen LogP contribution in [-0.2, 0) is 4.74 Å². The van der Waals surface area contributed by atoms with Crippen LogP contribution < -0.4 is 19.3 Å². The van der Waals surface area contributed by atoms with Gasteiger partial charge in [-0.05, 0) is 71.7 Å². The Kier molecular flexibility index (Phi) is 6.82. The van der Waals surface area contributed by atoms with Crippen LogP contribution in [0, 0.1) is 0 Å². The van der Waals surface area contributed by atoms with E-state index in [9.17, 15) is 0 Å². The number of morpholine rings is 1. The molecule has 0 saturated carbocycles. The van der Waals surface area contributed by atoms with Gasteiger partial charge >= 0.3 is 0 Å². The maximum atomic E-state index is 6.87. The molecule has 5 nitrogen and oxygen atoms in total. The van der Waals surface area contributed by atoms with Gasteiger partial charge in [0.25, 0.3) is 0 Å². The zero-order valence-corrected chi connectivity index (χ0v) is 23.1. The number of hydrogen-bond acceptors (Lipinski definition) is 5. The lowest BCUT2D eigenvalue weighted by Crippen LogP contribution is -2.36. The average molecular weight is 533 g/mol. The van der Waals surface area contributed by atoms with Crippen LogP contribution in [0.2, 0.25) is 0 Å². The van der Waals surface area contributed by atoms with Crippen molar-refractivity contribution in [3.63, 3.8) is 0 Å². The van der Waals surface area contributed by atoms with Crippen molar-refractivity contribution in [3.05, 3.63) is 102 Å². The monoisotopic (exact) mass is 532 g/mol. The Morgan fingerprint density at radius 2 is 1.48 bits per heavy atom. The molecular weight excluding hydrogens is 496 g/mol. The third-order valence-corrected chi connectivity index (χ3v) is 8.52. The van der Waals surface area contributed by atoms with Crippen LogP contribution >= 0.6 is 0 Å². The van der Waals surface area contributed by atoms with Crippen LogP contribution in [0.25, 0.3) is 16.3 Å². The minimum atomic E-state index is -0.182. The van der Waals surface area contributed by atoms with Gasteiger partial charge in [0.05, 0.1) is 20.3 Å². The standard InChI is InChI=1S/C35H36N2O3/c1-38-28-15-11-25(12-16-28)31-23-33(26-9-13-27(14-10-26)36-17-5-2-6-18-36)40-34-24-32(37-19-21-39-22-20-37)29-7-3-4-8-30(29)35(31)34/h3-4,7-16,23-24,33H,2,5-6,17-22H2,1H3. The van der Waals surface area contributed by atoms with Crippen molar-refractivity contribution >= 4 is 27.7 Å². The summed E-state index contributed by atoms with van der Waals surface area (Å²) >= 11 is 0. The minimum Gasteiger partial charge on any atom is -0.497 e. The molecule has 0 amide bonds. The normalized spacial score (nSPS) is 19.1. The highest BCUT2D eigenvalue weighted by Gasteiger charge is 2.28. The first-order chi connectivity index (χ1) is 19.8. The van der Waals surface area contributed by atoms with Gasteiger partial charge in [0.2, 0.25) is 0 Å². The van der Waals surface area contributed by atoms with E-state index in [4.69, 9.17) is 14.2 Å². The molecule has 3 aliphatic rings. The van der Waals surface area contributed by atoms with Gasteiger partial charge in [0.15, 0.2) is 0 Å². The van der Waals surface area contributed by atoms with Gasteiger partial charge in [-0.3, -0.25) is 0 Å². The molecule has 0 spiro atoms. The lowest BCUT2D eigenvalue weighted by Gasteiger charge is -2.33. The number of hydrogen-bond donors (Lipinski definition) is 0. The van der Waals surface area contributed by atoms with Crippen molar-refractivity contribution in [1.29, 1.82) is 0 Å². The summed E-state index contributed by atoms with van der Waals surface area (Å²) in [5.74, 6) is 1.78. The topological polar surface area (TPSA) is 34.2 Å². The highest BCUT2D eigenvalue weighted by Crippen LogP contribution is 2.47. The van der Waals surface area contributed by atoms with Gasteiger partial charge in [0.1, 0.15) is 17.6 Å². The fraction of sp³-hybridized carbons (Fsp3) is 0.314. The highest BCUT2D eigenvalue weighted by atomic mass is 16.5. The van der Waals surface area contributed by atoms with Gasteiger partial charge in [-0.1, -0.05) is 48.5 Å². The number of rotatable bonds is 5. The Labute approximate surface area is 236 Å². The molecule has 0 radical (unpaired) electrons.